The van der Waals surface area contributed by atoms with E-state index < -0.39 is 23.9 Å². The Hall–Kier alpha value is -0.920. The normalized spacial score (nSPS) is 13.6. The summed E-state index contributed by atoms with van der Waals surface area (Å²) in [6.45, 7) is 1.23. The van der Waals surface area contributed by atoms with Gasteiger partial charge in [0.05, 0.1) is 6.04 Å². The summed E-state index contributed by atoms with van der Waals surface area (Å²) in [4.78, 5) is 0. The van der Waals surface area contributed by atoms with E-state index in [9.17, 15) is 17.6 Å². The first-order valence-electron chi connectivity index (χ1n) is 3.67. The van der Waals surface area contributed by atoms with Gasteiger partial charge in [0.2, 0.25) is 5.13 Å². The van der Waals surface area contributed by atoms with Gasteiger partial charge in [0.15, 0.2) is 5.01 Å². The van der Waals surface area contributed by atoms with E-state index in [0.29, 0.717) is 11.3 Å². The SMILES string of the molecule is CC(Nc1nnc(C(F)F)s1)C(F)F. The Morgan fingerprint density at radius 2 is 1.86 bits per heavy atom. The molecule has 1 unspecified atom stereocenters. The summed E-state index contributed by atoms with van der Waals surface area (Å²) in [5, 5.41) is 8.22. The summed E-state index contributed by atoms with van der Waals surface area (Å²) in [6.07, 6.45) is -5.29. The molecule has 0 bridgehead atoms. The van der Waals surface area contributed by atoms with Crippen LogP contribution in [0.25, 0.3) is 0 Å². The number of alkyl halides is 4. The molecule has 0 amide bonds. The Labute approximate surface area is 81.2 Å². The molecule has 1 N–H and O–H groups in total. The Kier molecular flexibility index (Phi) is 3.62. The van der Waals surface area contributed by atoms with Crippen molar-refractivity contribution in [3.8, 4) is 0 Å². The van der Waals surface area contributed by atoms with Crippen LogP contribution >= 0.6 is 11.3 Å². The zero-order valence-corrected chi connectivity index (χ0v) is 7.86. The van der Waals surface area contributed by atoms with Crippen LogP contribution in [0.4, 0.5) is 22.7 Å². The van der Waals surface area contributed by atoms with E-state index >= 15 is 0 Å². The molecule has 0 aliphatic heterocycles. The zero-order chi connectivity index (χ0) is 10.7. The number of hydrogen-bond acceptors (Lipinski definition) is 4. The Morgan fingerprint density at radius 1 is 1.21 bits per heavy atom. The predicted octanol–water partition coefficient (Wildman–Crippen LogP) is 2.54. The lowest BCUT2D eigenvalue weighted by Gasteiger charge is -2.09. The number of halogens is 4. The van der Waals surface area contributed by atoms with E-state index in [4.69, 9.17) is 0 Å². The monoisotopic (exact) mass is 229 g/mol. The van der Waals surface area contributed by atoms with E-state index in [1.165, 1.54) is 6.92 Å². The van der Waals surface area contributed by atoms with E-state index in [1.54, 1.807) is 0 Å². The van der Waals surface area contributed by atoms with Crippen molar-refractivity contribution in [2.75, 3.05) is 5.32 Å². The Balaban J connectivity index is 2.60. The molecule has 1 aromatic heterocycles. The maximum absolute atomic E-state index is 12.0. The molecule has 14 heavy (non-hydrogen) atoms. The van der Waals surface area contributed by atoms with Gasteiger partial charge in [-0.05, 0) is 6.92 Å². The fourth-order valence-corrected chi connectivity index (χ4v) is 1.33. The quantitative estimate of drug-likeness (QED) is 0.806. The van der Waals surface area contributed by atoms with Crippen molar-refractivity contribution in [3.63, 3.8) is 0 Å². The predicted molar refractivity (Wildman–Crippen MR) is 44.0 cm³/mol. The summed E-state index contributed by atoms with van der Waals surface area (Å²) >= 11 is 0.570. The van der Waals surface area contributed by atoms with Crippen LogP contribution in [-0.4, -0.2) is 22.7 Å². The molecule has 80 valence electrons. The summed E-state index contributed by atoms with van der Waals surface area (Å²) in [7, 11) is 0. The summed E-state index contributed by atoms with van der Waals surface area (Å²) in [5.74, 6) is 0. The second-order valence-corrected chi connectivity index (χ2v) is 3.52. The maximum atomic E-state index is 12.0. The molecule has 0 aromatic carbocycles. The van der Waals surface area contributed by atoms with Crippen LogP contribution in [0.1, 0.15) is 18.4 Å². The smallest absolute Gasteiger partial charge is 0.291 e. The average Bonchev–Trinajstić information content (AvgIpc) is 2.52. The van der Waals surface area contributed by atoms with Crippen LogP contribution in [-0.2, 0) is 0 Å². The molecule has 1 rings (SSSR count). The molecular formula is C6H7F4N3S. The molecule has 0 saturated carbocycles. The second-order valence-electron chi connectivity index (χ2n) is 2.51. The number of rotatable bonds is 4. The third-order valence-electron chi connectivity index (χ3n) is 1.36. The first kappa shape index (κ1) is 11.2. The molecule has 0 radical (unpaired) electrons. The minimum Gasteiger partial charge on any atom is -0.352 e. The third-order valence-corrected chi connectivity index (χ3v) is 2.22. The molecule has 1 aromatic rings. The van der Waals surface area contributed by atoms with Crippen molar-refractivity contribution in [3.05, 3.63) is 5.01 Å². The molecule has 0 saturated heterocycles. The minimum atomic E-state index is -2.72. The maximum Gasteiger partial charge on any atom is 0.291 e. The van der Waals surface area contributed by atoms with Gasteiger partial charge < -0.3 is 5.32 Å². The van der Waals surface area contributed by atoms with Crippen molar-refractivity contribution in [2.45, 2.75) is 25.8 Å². The van der Waals surface area contributed by atoms with E-state index in [1.807, 2.05) is 0 Å². The highest BCUT2D eigenvalue weighted by atomic mass is 32.1. The van der Waals surface area contributed by atoms with Gasteiger partial charge in [0.1, 0.15) is 0 Å². The van der Waals surface area contributed by atoms with Gasteiger partial charge >= 0.3 is 0 Å². The molecule has 0 aliphatic carbocycles. The van der Waals surface area contributed by atoms with Crippen LogP contribution in [0.3, 0.4) is 0 Å². The van der Waals surface area contributed by atoms with Crippen molar-refractivity contribution >= 4 is 16.5 Å². The van der Waals surface area contributed by atoms with Crippen molar-refractivity contribution in [1.82, 2.24) is 10.2 Å². The van der Waals surface area contributed by atoms with Crippen LogP contribution in [0, 0.1) is 0 Å². The van der Waals surface area contributed by atoms with Gasteiger partial charge in [-0.25, -0.2) is 17.6 Å². The first-order valence-corrected chi connectivity index (χ1v) is 4.48. The Bertz CT molecular complexity index is 290. The van der Waals surface area contributed by atoms with Gasteiger partial charge in [0.25, 0.3) is 12.9 Å². The molecular weight excluding hydrogens is 222 g/mol. The lowest BCUT2D eigenvalue weighted by molar-refractivity contribution is 0.130. The number of anilines is 1. The van der Waals surface area contributed by atoms with Crippen LogP contribution < -0.4 is 5.32 Å². The van der Waals surface area contributed by atoms with Crippen molar-refractivity contribution in [1.29, 1.82) is 0 Å². The van der Waals surface area contributed by atoms with Crippen LogP contribution in [0.2, 0.25) is 0 Å². The zero-order valence-electron chi connectivity index (χ0n) is 7.05. The number of hydrogen-bond donors (Lipinski definition) is 1. The second kappa shape index (κ2) is 4.54. The Morgan fingerprint density at radius 3 is 2.29 bits per heavy atom. The van der Waals surface area contributed by atoms with Gasteiger partial charge in [-0.1, -0.05) is 11.3 Å². The number of aromatic nitrogens is 2. The molecule has 3 nitrogen and oxygen atoms in total. The van der Waals surface area contributed by atoms with Gasteiger partial charge in [0, 0.05) is 0 Å². The minimum absolute atomic E-state index is 0.0203. The van der Waals surface area contributed by atoms with Crippen LogP contribution in [0.15, 0.2) is 0 Å². The van der Waals surface area contributed by atoms with E-state index in [-0.39, 0.29) is 5.13 Å². The summed E-state index contributed by atoms with van der Waals surface area (Å²) in [5.41, 5.74) is 0. The fraction of sp³-hybridized carbons (Fsp3) is 0.667. The van der Waals surface area contributed by atoms with Gasteiger partial charge in [-0.3, -0.25) is 0 Å². The van der Waals surface area contributed by atoms with E-state index in [0.717, 1.165) is 0 Å². The van der Waals surface area contributed by atoms with Crippen LogP contribution in [0.5, 0.6) is 0 Å². The topological polar surface area (TPSA) is 37.8 Å². The average molecular weight is 229 g/mol. The number of nitrogens with zero attached hydrogens (tertiary/aromatic N) is 2. The molecule has 0 aliphatic rings. The summed E-state index contributed by atoms with van der Waals surface area (Å²) < 4.78 is 48.1. The third kappa shape index (κ3) is 2.79. The van der Waals surface area contributed by atoms with Gasteiger partial charge in [-0.15, -0.1) is 10.2 Å². The fourth-order valence-electron chi connectivity index (χ4n) is 0.639. The highest BCUT2D eigenvalue weighted by molar-refractivity contribution is 7.15. The van der Waals surface area contributed by atoms with Crippen molar-refractivity contribution < 1.29 is 17.6 Å². The molecule has 8 heteroatoms. The lowest BCUT2D eigenvalue weighted by Crippen LogP contribution is -2.23. The first-order chi connectivity index (χ1) is 6.50. The highest BCUT2D eigenvalue weighted by Gasteiger charge is 2.18. The molecule has 0 fully saturated rings. The van der Waals surface area contributed by atoms with Gasteiger partial charge in [-0.2, -0.15) is 0 Å². The molecule has 1 atom stereocenters. The highest BCUT2D eigenvalue weighted by Crippen LogP contribution is 2.25. The summed E-state index contributed by atoms with van der Waals surface area (Å²) in [6, 6.07) is -1.13. The molecule has 0 spiro atoms. The molecule has 1 heterocycles. The standard InChI is InChI=1S/C6H7F4N3S/c1-2(3(7)8)11-6-13-12-5(14-6)4(9)10/h2-4H,1H3,(H,11,13). The largest absolute Gasteiger partial charge is 0.352 e. The van der Waals surface area contributed by atoms with Crippen molar-refractivity contribution in [2.24, 2.45) is 0 Å². The lowest BCUT2D eigenvalue weighted by atomic mass is 10.4. The number of nitrogens with one attached hydrogen (secondary N) is 1. The van der Waals surface area contributed by atoms with E-state index in [2.05, 4.69) is 15.5 Å².